The molecule has 0 saturated carbocycles. The quantitative estimate of drug-likeness (QED) is 0.464. The van der Waals surface area contributed by atoms with Crippen LogP contribution in [0.1, 0.15) is 31.4 Å². The Labute approximate surface area is 166 Å². The number of aliphatic imine (C=N–C) groups is 1. The number of rotatable bonds is 4. The number of nitrogens with one attached hydrogen (secondary N) is 2. The van der Waals surface area contributed by atoms with E-state index in [-0.39, 0.29) is 5.69 Å². The number of aromatic nitrogens is 2. The number of nitro benzene ring substituents is 1. The highest BCUT2D eigenvalue weighted by Gasteiger charge is 2.26. The summed E-state index contributed by atoms with van der Waals surface area (Å²) in [5.74, 6) is 0.397. The van der Waals surface area contributed by atoms with Gasteiger partial charge < -0.3 is 5.32 Å². The summed E-state index contributed by atoms with van der Waals surface area (Å²) < 4.78 is 0. The van der Waals surface area contributed by atoms with Gasteiger partial charge in [0.1, 0.15) is 5.52 Å². The van der Waals surface area contributed by atoms with Gasteiger partial charge in [-0.2, -0.15) is 5.10 Å². The van der Waals surface area contributed by atoms with E-state index < -0.39 is 4.92 Å². The molecule has 0 amide bonds. The second-order valence-corrected chi connectivity index (χ2v) is 7.46. The second-order valence-electron chi connectivity index (χ2n) is 7.05. The number of nitro groups is 1. The molecule has 1 aromatic heterocycles. The van der Waals surface area contributed by atoms with Crippen LogP contribution in [0.5, 0.6) is 0 Å². The summed E-state index contributed by atoms with van der Waals surface area (Å²) in [5, 5.41) is 22.9. The van der Waals surface area contributed by atoms with Crippen LogP contribution in [-0.2, 0) is 0 Å². The topological polar surface area (TPSA) is 96.2 Å². The Bertz CT molecular complexity index is 1150. The average Bonchev–Trinajstić information content (AvgIpc) is 3.06. The van der Waals surface area contributed by atoms with Crippen LogP contribution < -0.4 is 5.32 Å². The Balaban J connectivity index is 2.04. The third kappa shape index (κ3) is 3.14. The molecule has 0 atom stereocenters. The molecule has 0 saturated heterocycles. The number of hydrogen-bond donors (Lipinski definition) is 2. The van der Waals surface area contributed by atoms with Gasteiger partial charge in [-0.05, 0) is 18.4 Å². The fraction of sp³-hybridized carbons (Fsp3) is 0.200. The van der Waals surface area contributed by atoms with Crippen molar-refractivity contribution in [3.8, 4) is 0 Å². The Morgan fingerprint density at radius 1 is 1.25 bits per heavy atom. The van der Waals surface area contributed by atoms with Crippen LogP contribution in [0.2, 0.25) is 5.02 Å². The molecule has 0 bridgehead atoms. The van der Waals surface area contributed by atoms with Gasteiger partial charge in [0.25, 0.3) is 5.69 Å². The van der Waals surface area contributed by atoms with Crippen molar-refractivity contribution in [2.75, 3.05) is 5.32 Å². The van der Waals surface area contributed by atoms with Crippen molar-refractivity contribution in [1.82, 2.24) is 10.2 Å². The van der Waals surface area contributed by atoms with Crippen LogP contribution in [-0.4, -0.2) is 20.8 Å². The maximum absolute atomic E-state index is 11.7. The molecule has 4 rings (SSSR count). The minimum absolute atomic E-state index is 0.0555. The Kier molecular flexibility index (Phi) is 4.60. The normalized spacial score (nSPS) is 13.6. The molecule has 7 nitrogen and oxygen atoms in total. The van der Waals surface area contributed by atoms with Crippen LogP contribution in [0.4, 0.5) is 11.4 Å². The maximum atomic E-state index is 11.7. The maximum Gasteiger partial charge on any atom is 0.295 e. The predicted molar refractivity (Wildman–Crippen MR) is 111 cm³/mol. The zero-order valence-corrected chi connectivity index (χ0v) is 16.1. The molecule has 0 fully saturated rings. The number of aromatic amines is 1. The number of H-pyrrole nitrogens is 1. The first-order valence-corrected chi connectivity index (χ1v) is 9.27. The summed E-state index contributed by atoms with van der Waals surface area (Å²) in [7, 11) is 0. The molecule has 2 heterocycles. The molecule has 28 heavy (non-hydrogen) atoms. The number of hydrogen-bond acceptors (Lipinski definition) is 5. The largest absolute Gasteiger partial charge is 0.359 e. The van der Waals surface area contributed by atoms with Crippen molar-refractivity contribution in [1.29, 1.82) is 0 Å². The number of nitrogens with zero attached hydrogens (tertiary/aromatic N) is 3. The smallest absolute Gasteiger partial charge is 0.295 e. The van der Waals surface area contributed by atoms with Crippen molar-refractivity contribution in [3.05, 3.63) is 74.7 Å². The first kappa shape index (κ1) is 18.2. The molecule has 3 aromatic rings. The minimum Gasteiger partial charge on any atom is -0.359 e. The van der Waals surface area contributed by atoms with Crippen LogP contribution in [0.25, 0.3) is 10.9 Å². The van der Waals surface area contributed by atoms with E-state index in [4.69, 9.17) is 16.6 Å². The lowest BCUT2D eigenvalue weighted by molar-refractivity contribution is -0.383. The molecular weight excluding hydrogens is 378 g/mol. The van der Waals surface area contributed by atoms with E-state index in [1.807, 2.05) is 24.4 Å². The summed E-state index contributed by atoms with van der Waals surface area (Å²) in [6, 6.07) is 8.90. The molecule has 0 aliphatic carbocycles. The van der Waals surface area contributed by atoms with Crippen LogP contribution in [0.15, 0.2) is 53.4 Å². The van der Waals surface area contributed by atoms with Crippen molar-refractivity contribution in [2.45, 2.75) is 20.3 Å². The van der Waals surface area contributed by atoms with Gasteiger partial charge >= 0.3 is 0 Å². The summed E-state index contributed by atoms with van der Waals surface area (Å²) in [6.07, 6.45) is 4.19. The third-order valence-corrected chi connectivity index (χ3v) is 4.88. The molecule has 0 radical (unpaired) electrons. The standard InChI is InChI=1S/C20H18ClN5O2/c1-11(2)7-12-9-22-18-14(19(24-12)13-5-3-4-6-16(13)21)8-17(26(27)28)20-15(18)10-23-25-20/h3-6,8-11,22H,7H2,1-2H3,(H,23,25). The zero-order chi connectivity index (χ0) is 19.8. The van der Waals surface area contributed by atoms with E-state index in [0.29, 0.717) is 38.8 Å². The lowest BCUT2D eigenvalue weighted by atomic mass is 9.97. The second kappa shape index (κ2) is 7.09. The number of anilines is 1. The molecule has 0 unspecified atom stereocenters. The summed E-state index contributed by atoms with van der Waals surface area (Å²) >= 11 is 6.46. The summed E-state index contributed by atoms with van der Waals surface area (Å²) in [5.41, 5.74) is 3.82. The first-order valence-electron chi connectivity index (χ1n) is 8.89. The molecule has 142 valence electrons. The summed E-state index contributed by atoms with van der Waals surface area (Å²) in [4.78, 5) is 16.1. The van der Waals surface area contributed by atoms with Gasteiger partial charge in [0, 0.05) is 28.4 Å². The van der Waals surface area contributed by atoms with E-state index in [1.54, 1.807) is 12.3 Å². The van der Waals surface area contributed by atoms with Gasteiger partial charge in [0.2, 0.25) is 0 Å². The van der Waals surface area contributed by atoms with Gasteiger partial charge in [-0.15, -0.1) is 0 Å². The lowest BCUT2D eigenvalue weighted by Crippen LogP contribution is -2.07. The van der Waals surface area contributed by atoms with Crippen molar-refractivity contribution < 1.29 is 4.92 Å². The highest BCUT2D eigenvalue weighted by molar-refractivity contribution is 6.36. The fourth-order valence-electron chi connectivity index (χ4n) is 3.36. The van der Waals surface area contributed by atoms with E-state index >= 15 is 0 Å². The summed E-state index contributed by atoms with van der Waals surface area (Å²) in [6.45, 7) is 4.23. The molecule has 2 N–H and O–H groups in total. The predicted octanol–water partition coefficient (Wildman–Crippen LogP) is 5.27. The minimum atomic E-state index is -0.418. The zero-order valence-electron chi connectivity index (χ0n) is 15.4. The molecule has 2 aromatic carbocycles. The molecule has 0 spiro atoms. The van der Waals surface area contributed by atoms with Gasteiger partial charge in [0.15, 0.2) is 0 Å². The van der Waals surface area contributed by atoms with E-state index in [9.17, 15) is 10.1 Å². The molecule has 1 aliphatic heterocycles. The Hall–Kier alpha value is -3.19. The van der Waals surface area contributed by atoms with Gasteiger partial charge in [-0.25, -0.2) is 0 Å². The number of benzene rings is 2. The fourth-order valence-corrected chi connectivity index (χ4v) is 3.58. The van der Waals surface area contributed by atoms with E-state index in [0.717, 1.165) is 17.7 Å². The SMILES string of the molecule is CC(C)CC1=CNc2c(cc([N+](=O)[O-])c3[nH]ncc23)C(c2ccccc2Cl)=N1. The van der Waals surface area contributed by atoms with Gasteiger partial charge in [-0.1, -0.05) is 43.6 Å². The van der Waals surface area contributed by atoms with Crippen molar-refractivity contribution in [2.24, 2.45) is 10.9 Å². The van der Waals surface area contributed by atoms with Crippen molar-refractivity contribution in [3.63, 3.8) is 0 Å². The number of non-ortho nitro benzene ring substituents is 1. The Morgan fingerprint density at radius 3 is 2.75 bits per heavy atom. The van der Waals surface area contributed by atoms with E-state index in [2.05, 4.69) is 29.4 Å². The Morgan fingerprint density at radius 2 is 2.04 bits per heavy atom. The number of allylic oxidation sites excluding steroid dienone is 1. The van der Waals surface area contributed by atoms with Crippen molar-refractivity contribution >= 4 is 39.6 Å². The van der Waals surface area contributed by atoms with E-state index in [1.165, 1.54) is 6.07 Å². The first-order chi connectivity index (χ1) is 13.5. The van der Waals surface area contributed by atoms with Crippen LogP contribution >= 0.6 is 11.6 Å². The van der Waals surface area contributed by atoms with Gasteiger partial charge in [-0.3, -0.25) is 20.2 Å². The number of fused-ring (bicyclic) bond motifs is 3. The van der Waals surface area contributed by atoms with Gasteiger partial charge in [0.05, 0.1) is 33.6 Å². The highest BCUT2D eigenvalue weighted by Crippen LogP contribution is 2.38. The highest BCUT2D eigenvalue weighted by atomic mass is 35.5. The van der Waals surface area contributed by atoms with Crippen LogP contribution in [0, 0.1) is 16.0 Å². The van der Waals surface area contributed by atoms with Crippen LogP contribution in [0.3, 0.4) is 0 Å². The molecular formula is C20H18ClN5O2. The molecule has 8 heteroatoms. The number of halogens is 1. The monoisotopic (exact) mass is 395 g/mol. The average molecular weight is 396 g/mol. The third-order valence-electron chi connectivity index (χ3n) is 4.55. The lowest BCUT2D eigenvalue weighted by Gasteiger charge is -2.13. The molecule has 1 aliphatic rings.